The highest BCUT2D eigenvalue weighted by Crippen LogP contribution is 2.32. The zero-order valence-electron chi connectivity index (χ0n) is 11.5. The van der Waals surface area contributed by atoms with E-state index < -0.39 is 33.2 Å². The third kappa shape index (κ3) is 4.08. The fourth-order valence-electron chi connectivity index (χ4n) is 1.85. The number of carbonyl (C=O) groups excluding carboxylic acids is 1. The molecule has 0 atom stereocenters. The van der Waals surface area contributed by atoms with E-state index in [1.807, 2.05) is 0 Å². The van der Waals surface area contributed by atoms with Gasteiger partial charge in [-0.25, -0.2) is 13.6 Å². The molecule has 2 rings (SSSR count). The molecule has 23 heavy (non-hydrogen) atoms. The second-order valence-corrected chi connectivity index (χ2v) is 6.13. The lowest BCUT2D eigenvalue weighted by molar-refractivity contribution is -0.137. The molecular weight excluding hydrogens is 333 g/mol. The van der Waals surface area contributed by atoms with Crippen LogP contribution < -0.4 is 10.5 Å². The van der Waals surface area contributed by atoms with Crippen LogP contribution in [0.2, 0.25) is 0 Å². The van der Waals surface area contributed by atoms with E-state index >= 15 is 0 Å². The second-order valence-electron chi connectivity index (χ2n) is 4.57. The first kappa shape index (κ1) is 17.0. The molecule has 0 unspecified atom stereocenters. The third-order valence-corrected chi connectivity index (χ3v) is 3.85. The van der Waals surface area contributed by atoms with Gasteiger partial charge in [-0.1, -0.05) is 12.1 Å². The molecule has 0 fully saturated rings. The molecule has 0 aliphatic heterocycles. The predicted molar refractivity (Wildman–Crippen MR) is 77.2 cm³/mol. The summed E-state index contributed by atoms with van der Waals surface area (Å²) < 4.78 is 60.8. The van der Waals surface area contributed by atoms with Gasteiger partial charge in [0, 0.05) is 5.69 Å². The van der Waals surface area contributed by atoms with E-state index in [4.69, 9.17) is 5.14 Å². The van der Waals surface area contributed by atoms with E-state index in [1.54, 1.807) is 0 Å². The maximum absolute atomic E-state index is 12.9. The van der Waals surface area contributed by atoms with Gasteiger partial charge in [0.1, 0.15) is 0 Å². The number of primary sulfonamides is 1. The quantitative estimate of drug-likeness (QED) is 0.897. The van der Waals surface area contributed by atoms with Crippen LogP contribution >= 0.6 is 0 Å². The lowest BCUT2D eigenvalue weighted by Gasteiger charge is -2.12. The number of anilines is 1. The Kier molecular flexibility index (Phi) is 4.44. The van der Waals surface area contributed by atoms with E-state index in [0.29, 0.717) is 0 Å². The molecule has 1 amide bonds. The first-order chi connectivity index (χ1) is 10.6. The van der Waals surface area contributed by atoms with Crippen molar-refractivity contribution >= 4 is 21.6 Å². The lowest BCUT2D eigenvalue weighted by atomic mass is 10.1. The lowest BCUT2D eigenvalue weighted by Crippen LogP contribution is -2.18. The van der Waals surface area contributed by atoms with Gasteiger partial charge in [0.15, 0.2) is 0 Å². The largest absolute Gasteiger partial charge is 0.417 e. The zero-order valence-corrected chi connectivity index (χ0v) is 12.3. The van der Waals surface area contributed by atoms with Gasteiger partial charge in [0.25, 0.3) is 5.91 Å². The van der Waals surface area contributed by atoms with Crippen LogP contribution in [0.3, 0.4) is 0 Å². The van der Waals surface area contributed by atoms with Crippen LogP contribution in [-0.4, -0.2) is 14.3 Å². The second kappa shape index (κ2) is 6.01. The van der Waals surface area contributed by atoms with Gasteiger partial charge in [-0.3, -0.25) is 4.79 Å². The van der Waals surface area contributed by atoms with Crippen molar-refractivity contribution in [3.63, 3.8) is 0 Å². The first-order valence-corrected chi connectivity index (χ1v) is 7.74. The topological polar surface area (TPSA) is 89.3 Å². The summed E-state index contributed by atoms with van der Waals surface area (Å²) in [4.78, 5) is 11.8. The number of sulfonamides is 1. The first-order valence-electron chi connectivity index (χ1n) is 6.19. The van der Waals surface area contributed by atoms with Gasteiger partial charge in [-0.2, -0.15) is 13.2 Å². The minimum Gasteiger partial charge on any atom is -0.322 e. The average Bonchev–Trinajstić information content (AvgIpc) is 2.46. The average molecular weight is 344 g/mol. The van der Waals surface area contributed by atoms with Gasteiger partial charge in [0.05, 0.1) is 16.0 Å². The summed E-state index contributed by atoms with van der Waals surface area (Å²) in [6.07, 6.45) is -4.66. The maximum atomic E-state index is 12.9. The highest BCUT2D eigenvalue weighted by atomic mass is 32.2. The molecule has 0 aromatic heterocycles. The van der Waals surface area contributed by atoms with Crippen LogP contribution in [0.4, 0.5) is 18.9 Å². The van der Waals surface area contributed by atoms with Crippen molar-refractivity contribution < 1.29 is 26.4 Å². The van der Waals surface area contributed by atoms with Crippen molar-refractivity contribution in [2.24, 2.45) is 5.14 Å². The van der Waals surface area contributed by atoms with Crippen LogP contribution in [-0.2, 0) is 16.2 Å². The highest BCUT2D eigenvalue weighted by Gasteiger charge is 2.34. The van der Waals surface area contributed by atoms with E-state index in [0.717, 1.165) is 24.3 Å². The molecule has 0 aliphatic carbocycles. The monoisotopic (exact) mass is 344 g/mol. The van der Waals surface area contributed by atoms with E-state index in [2.05, 4.69) is 5.32 Å². The Bertz CT molecular complexity index is 831. The molecular formula is C14H11F3N2O3S. The molecule has 9 heteroatoms. The standard InChI is InChI=1S/C14H11F3N2O3S/c15-14(16,17)12-4-2-1-3-11(12)13(20)19-9-5-7-10(8-6-9)23(18,21)22/h1-8H,(H,19,20)(H2,18,21,22). The van der Waals surface area contributed by atoms with Gasteiger partial charge in [-0.05, 0) is 36.4 Å². The van der Waals surface area contributed by atoms with E-state index in [-0.39, 0.29) is 10.6 Å². The number of carbonyl (C=O) groups is 1. The Labute approximate surface area is 130 Å². The zero-order chi connectivity index (χ0) is 17.3. The van der Waals surface area contributed by atoms with E-state index in [9.17, 15) is 26.4 Å². The minimum absolute atomic E-state index is 0.138. The molecule has 0 aliphatic rings. The minimum atomic E-state index is -4.66. The highest BCUT2D eigenvalue weighted by molar-refractivity contribution is 7.89. The fourth-order valence-corrected chi connectivity index (χ4v) is 2.37. The summed E-state index contributed by atoms with van der Waals surface area (Å²) in [7, 11) is -3.89. The summed E-state index contributed by atoms with van der Waals surface area (Å²) in [6.45, 7) is 0. The van der Waals surface area contributed by atoms with Crippen LogP contribution in [0.1, 0.15) is 15.9 Å². The van der Waals surface area contributed by atoms with E-state index in [1.165, 1.54) is 24.3 Å². The molecule has 0 heterocycles. The molecule has 0 saturated carbocycles. The number of alkyl halides is 3. The van der Waals surface area contributed by atoms with Crippen LogP contribution in [0, 0.1) is 0 Å². The Morgan fingerprint density at radius 2 is 1.57 bits per heavy atom. The van der Waals surface area contributed by atoms with Crippen molar-refractivity contribution in [2.75, 3.05) is 5.32 Å². The van der Waals surface area contributed by atoms with Crippen LogP contribution in [0.5, 0.6) is 0 Å². The predicted octanol–water partition coefficient (Wildman–Crippen LogP) is 2.61. The van der Waals surface area contributed by atoms with Gasteiger partial charge in [-0.15, -0.1) is 0 Å². The summed E-state index contributed by atoms with van der Waals surface area (Å²) in [5.74, 6) is -0.957. The van der Waals surface area contributed by atoms with Crippen LogP contribution in [0.15, 0.2) is 53.4 Å². The van der Waals surface area contributed by atoms with Crippen molar-refractivity contribution in [2.45, 2.75) is 11.1 Å². The number of nitrogens with two attached hydrogens (primary N) is 1. The number of hydrogen-bond donors (Lipinski definition) is 2. The van der Waals surface area contributed by atoms with Crippen molar-refractivity contribution in [1.82, 2.24) is 0 Å². The number of nitrogens with one attached hydrogen (secondary N) is 1. The Morgan fingerprint density at radius 3 is 2.09 bits per heavy atom. The molecule has 0 spiro atoms. The molecule has 2 aromatic rings. The fraction of sp³-hybridized carbons (Fsp3) is 0.0714. The number of rotatable bonds is 3. The molecule has 3 N–H and O–H groups in total. The Balaban J connectivity index is 2.27. The molecule has 122 valence electrons. The molecule has 0 bridgehead atoms. The van der Waals surface area contributed by atoms with Crippen LogP contribution in [0.25, 0.3) is 0 Å². The van der Waals surface area contributed by atoms with Gasteiger partial charge >= 0.3 is 6.18 Å². The van der Waals surface area contributed by atoms with Gasteiger partial charge < -0.3 is 5.32 Å². The Morgan fingerprint density at radius 1 is 1.00 bits per heavy atom. The summed E-state index contributed by atoms with van der Waals surface area (Å²) in [5, 5.41) is 7.20. The number of amides is 1. The SMILES string of the molecule is NS(=O)(=O)c1ccc(NC(=O)c2ccccc2C(F)(F)F)cc1. The summed E-state index contributed by atoms with van der Waals surface area (Å²) >= 11 is 0. The van der Waals surface area contributed by atoms with Gasteiger partial charge in [0.2, 0.25) is 10.0 Å². The molecule has 0 saturated heterocycles. The van der Waals surface area contributed by atoms with Crippen molar-refractivity contribution in [3.8, 4) is 0 Å². The summed E-state index contributed by atoms with van der Waals surface area (Å²) in [5.41, 5.74) is -1.45. The number of hydrogen-bond acceptors (Lipinski definition) is 3. The summed E-state index contributed by atoms with van der Waals surface area (Å²) in [6, 6.07) is 9.09. The number of halogens is 3. The Hall–Kier alpha value is -2.39. The van der Waals surface area contributed by atoms with Crippen molar-refractivity contribution in [1.29, 1.82) is 0 Å². The number of benzene rings is 2. The third-order valence-electron chi connectivity index (χ3n) is 2.92. The molecule has 0 radical (unpaired) electrons. The normalized spacial score (nSPS) is 12.0. The van der Waals surface area contributed by atoms with Crippen molar-refractivity contribution in [3.05, 3.63) is 59.7 Å². The molecule has 2 aromatic carbocycles. The molecule has 5 nitrogen and oxygen atoms in total. The maximum Gasteiger partial charge on any atom is 0.417 e. The smallest absolute Gasteiger partial charge is 0.322 e.